The van der Waals surface area contributed by atoms with E-state index in [0.717, 1.165) is 29.7 Å². The molecule has 3 rings (SSSR count). The molecule has 0 aliphatic rings. The van der Waals surface area contributed by atoms with Crippen LogP contribution in [0.5, 0.6) is 0 Å². The number of hydrogen-bond donors (Lipinski definition) is 2. The minimum absolute atomic E-state index is 0.218. The van der Waals surface area contributed by atoms with Gasteiger partial charge in [-0.3, -0.25) is 10.1 Å². The summed E-state index contributed by atoms with van der Waals surface area (Å²) in [7, 11) is 0. The fourth-order valence-corrected chi connectivity index (χ4v) is 3.06. The Labute approximate surface area is 167 Å². The van der Waals surface area contributed by atoms with E-state index < -0.39 is 35.1 Å². The molecule has 0 fully saturated rings. The van der Waals surface area contributed by atoms with Gasteiger partial charge in [0.1, 0.15) is 23.1 Å². The maximum atomic E-state index is 13.7. The molecule has 6 heteroatoms. The first kappa shape index (κ1) is 20.6. The van der Waals surface area contributed by atoms with Crippen LogP contribution in [0.4, 0.5) is 18.9 Å². The van der Waals surface area contributed by atoms with Gasteiger partial charge in [-0.05, 0) is 47.4 Å². The molecule has 150 valence electrons. The second kappa shape index (κ2) is 9.39. The number of aryl methyl sites for hydroxylation is 1. The number of nitrogens with one attached hydrogen (secondary N) is 2. The zero-order valence-electron chi connectivity index (χ0n) is 15.9. The lowest BCUT2D eigenvalue weighted by molar-refractivity contribution is -0.115. The number of benzene rings is 3. The molecule has 1 amide bonds. The van der Waals surface area contributed by atoms with Crippen molar-refractivity contribution in [2.45, 2.75) is 19.4 Å². The Bertz CT molecular complexity index is 969. The van der Waals surface area contributed by atoms with Crippen molar-refractivity contribution in [3.8, 4) is 0 Å². The van der Waals surface area contributed by atoms with Gasteiger partial charge in [0, 0.05) is 0 Å². The Hall–Kier alpha value is -3.12. The second-order valence-electron chi connectivity index (χ2n) is 6.61. The molecule has 0 radical (unpaired) electrons. The monoisotopic (exact) mass is 398 g/mol. The normalized spacial score (nSPS) is 11.9. The molecular formula is C23H21F3N2O. The van der Waals surface area contributed by atoms with Gasteiger partial charge in [0.2, 0.25) is 5.91 Å². The molecule has 0 unspecified atom stereocenters. The highest BCUT2D eigenvalue weighted by Gasteiger charge is 2.17. The van der Waals surface area contributed by atoms with Crippen molar-refractivity contribution in [2.75, 3.05) is 11.9 Å². The summed E-state index contributed by atoms with van der Waals surface area (Å²) in [4.78, 5) is 12.3. The van der Waals surface area contributed by atoms with Crippen molar-refractivity contribution in [1.82, 2.24) is 5.32 Å². The summed E-state index contributed by atoms with van der Waals surface area (Å²) in [6, 6.07) is 16.7. The molecule has 29 heavy (non-hydrogen) atoms. The van der Waals surface area contributed by atoms with Crippen molar-refractivity contribution < 1.29 is 18.0 Å². The van der Waals surface area contributed by atoms with E-state index in [1.165, 1.54) is 18.2 Å². The highest BCUT2D eigenvalue weighted by Crippen LogP contribution is 2.24. The predicted molar refractivity (Wildman–Crippen MR) is 107 cm³/mol. The molecule has 3 aromatic carbocycles. The summed E-state index contributed by atoms with van der Waals surface area (Å²) in [5.41, 5.74) is 2.14. The van der Waals surface area contributed by atoms with Crippen LogP contribution in [-0.2, 0) is 11.2 Å². The van der Waals surface area contributed by atoms with E-state index in [4.69, 9.17) is 0 Å². The standard InChI is InChI=1S/C23H21F3N2O/c1-2-15-9-11-16(12-10-15)22(17-5-3-6-18(24)13-17)27-14-21(29)28-23-19(25)7-4-8-20(23)26/h3-13,22,27H,2,14H2,1H3,(H,28,29)/t22-/m1/s1. The van der Waals surface area contributed by atoms with Gasteiger partial charge in [0.25, 0.3) is 0 Å². The molecule has 0 heterocycles. The number of amides is 1. The molecule has 3 aromatic rings. The molecule has 0 saturated carbocycles. The Kier molecular flexibility index (Phi) is 6.67. The summed E-state index contributed by atoms with van der Waals surface area (Å²) in [6.07, 6.45) is 0.884. The maximum Gasteiger partial charge on any atom is 0.238 e. The molecule has 0 bridgehead atoms. The SMILES string of the molecule is CCc1ccc([C@@H](NCC(=O)Nc2c(F)cccc2F)c2cccc(F)c2)cc1. The Morgan fingerprint density at radius 1 is 0.897 bits per heavy atom. The molecule has 0 aliphatic carbocycles. The van der Waals surface area contributed by atoms with E-state index in [1.54, 1.807) is 12.1 Å². The molecule has 1 atom stereocenters. The van der Waals surface area contributed by atoms with Gasteiger partial charge in [0.15, 0.2) is 0 Å². The fourth-order valence-electron chi connectivity index (χ4n) is 3.06. The lowest BCUT2D eigenvalue weighted by Gasteiger charge is -2.20. The summed E-state index contributed by atoms with van der Waals surface area (Å²) >= 11 is 0. The number of carbonyl (C=O) groups is 1. The van der Waals surface area contributed by atoms with E-state index >= 15 is 0 Å². The van der Waals surface area contributed by atoms with Gasteiger partial charge in [-0.1, -0.05) is 49.4 Å². The number of anilines is 1. The zero-order chi connectivity index (χ0) is 20.8. The molecule has 2 N–H and O–H groups in total. The molecule has 0 aliphatic heterocycles. The number of carbonyl (C=O) groups excluding carboxylic acids is 1. The summed E-state index contributed by atoms with van der Waals surface area (Å²) < 4.78 is 41.2. The van der Waals surface area contributed by atoms with E-state index in [2.05, 4.69) is 10.6 Å². The average molecular weight is 398 g/mol. The smallest absolute Gasteiger partial charge is 0.238 e. The second-order valence-corrected chi connectivity index (χ2v) is 6.61. The van der Waals surface area contributed by atoms with Crippen molar-refractivity contribution in [1.29, 1.82) is 0 Å². The highest BCUT2D eigenvalue weighted by molar-refractivity contribution is 5.92. The van der Waals surface area contributed by atoms with E-state index in [0.29, 0.717) is 5.56 Å². The van der Waals surface area contributed by atoms with Gasteiger partial charge in [0.05, 0.1) is 12.6 Å². The van der Waals surface area contributed by atoms with Gasteiger partial charge < -0.3 is 5.32 Å². The number of para-hydroxylation sites is 1. The highest BCUT2D eigenvalue weighted by atomic mass is 19.1. The third-order valence-electron chi connectivity index (χ3n) is 4.60. The van der Waals surface area contributed by atoms with Crippen LogP contribution in [0.1, 0.15) is 29.7 Å². The topological polar surface area (TPSA) is 41.1 Å². The summed E-state index contributed by atoms with van der Waals surface area (Å²) in [6.45, 7) is 1.83. The van der Waals surface area contributed by atoms with E-state index in [1.807, 2.05) is 31.2 Å². The zero-order valence-corrected chi connectivity index (χ0v) is 15.9. The fraction of sp³-hybridized carbons (Fsp3) is 0.174. The summed E-state index contributed by atoms with van der Waals surface area (Å²) in [5.74, 6) is -2.71. The third kappa shape index (κ3) is 5.23. The van der Waals surface area contributed by atoms with Gasteiger partial charge in [-0.25, -0.2) is 13.2 Å². The molecular weight excluding hydrogens is 377 g/mol. The largest absolute Gasteiger partial charge is 0.320 e. The lowest BCUT2D eigenvalue weighted by Crippen LogP contribution is -2.32. The van der Waals surface area contributed by atoms with Crippen molar-refractivity contribution in [2.24, 2.45) is 0 Å². The maximum absolute atomic E-state index is 13.7. The van der Waals surface area contributed by atoms with Gasteiger partial charge in [-0.2, -0.15) is 0 Å². The Morgan fingerprint density at radius 2 is 1.55 bits per heavy atom. The van der Waals surface area contributed by atoms with E-state index in [9.17, 15) is 18.0 Å². The van der Waals surface area contributed by atoms with Gasteiger partial charge >= 0.3 is 0 Å². The molecule has 0 saturated heterocycles. The minimum atomic E-state index is -0.852. The number of rotatable bonds is 7. The summed E-state index contributed by atoms with van der Waals surface area (Å²) in [5, 5.41) is 5.29. The first-order valence-corrected chi connectivity index (χ1v) is 9.29. The molecule has 0 aromatic heterocycles. The van der Waals surface area contributed by atoms with Crippen LogP contribution in [0.2, 0.25) is 0 Å². The van der Waals surface area contributed by atoms with Crippen LogP contribution < -0.4 is 10.6 Å². The van der Waals surface area contributed by atoms with Crippen LogP contribution in [0.15, 0.2) is 66.7 Å². The van der Waals surface area contributed by atoms with Crippen LogP contribution in [0, 0.1) is 17.5 Å². The van der Waals surface area contributed by atoms with Crippen molar-refractivity contribution in [3.63, 3.8) is 0 Å². The number of halogens is 3. The quantitative estimate of drug-likeness (QED) is 0.589. The lowest BCUT2D eigenvalue weighted by atomic mass is 9.97. The number of hydrogen-bond acceptors (Lipinski definition) is 2. The van der Waals surface area contributed by atoms with Gasteiger partial charge in [-0.15, -0.1) is 0 Å². The Morgan fingerprint density at radius 3 is 2.17 bits per heavy atom. The first-order chi connectivity index (χ1) is 14.0. The van der Waals surface area contributed by atoms with Crippen LogP contribution in [-0.4, -0.2) is 12.5 Å². The Balaban J connectivity index is 1.78. The molecule has 0 spiro atoms. The van der Waals surface area contributed by atoms with Crippen molar-refractivity contribution in [3.05, 3.63) is 101 Å². The third-order valence-corrected chi connectivity index (χ3v) is 4.60. The first-order valence-electron chi connectivity index (χ1n) is 9.29. The minimum Gasteiger partial charge on any atom is -0.320 e. The van der Waals surface area contributed by atoms with E-state index in [-0.39, 0.29) is 6.54 Å². The van der Waals surface area contributed by atoms with Crippen LogP contribution in [0.3, 0.4) is 0 Å². The van der Waals surface area contributed by atoms with Crippen LogP contribution >= 0.6 is 0 Å². The average Bonchev–Trinajstić information content (AvgIpc) is 2.71. The van der Waals surface area contributed by atoms with Crippen LogP contribution in [0.25, 0.3) is 0 Å². The van der Waals surface area contributed by atoms with Crippen molar-refractivity contribution >= 4 is 11.6 Å². The predicted octanol–water partition coefficient (Wildman–Crippen LogP) is 4.98. The molecule has 3 nitrogen and oxygen atoms in total.